The van der Waals surface area contributed by atoms with Crippen LogP contribution >= 0.6 is 22.6 Å². The van der Waals surface area contributed by atoms with Gasteiger partial charge in [0, 0.05) is 0 Å². The summed E-state index contributed by atoms with van der Waals surface area (Å²) in [5, 5.41) is 12.4. The zero-order chi connectivity index (χ0) is 22.2. The molecule has 0 radical (unpaired) electrons. The second kappa shape index (κ2) is 10.8. The van der Waals surface area contributed by atoms with E-state index in [1.807, 2.05) is 73.7 Å². The molecular weight excluding hydrogens is 499 g/mol. The smallest absolute Gasteiger partial charge is 0.262 e. The average Bonchev–Trinajstić information content (AvgIpc) is 2.78. The van der Waals surface area contributed by atoms with Gasteiger partial charge in [-0.05, 0) is 71.3 Å². The van der Waals surface area contributed by atoms with Crippen LogP contribution in [-0.2, 0) is 11.4 Å². The molecule has 4 nitrogen and oxygen atoms in total. The fraction of sp³-hybridized carbons (Fsp3) is 0.154. The first kappa shape index (κ1) is 22.6. The molecule has 3 aromatic rings. The van der Waals surface area contributed by atoms with E-state index in [0.717, 1.165) is 26.0 Å². The average molecular weight is 522 g/mol. The van der Waals surface area contributed by atoms with Crippen molar-refractivity contribution in [1.82, 2.24) is 5.32 Å². The monoisotopic (exact) mass is 522 g/mol. The first-order valence-electron chi connectivity index (χ1n) is 9.92. The Morgan fingerprint density at radius 3 is 2.48 bits per heavy atom. The third-order valence-electron chi connectivity index (χ3n) is 4.79. The minimum Gasteiger partial charge on any atom is -0.488 e. The number of ether oxygens (including phenoxy) is 1. The molecule has 3 rings (SSSR count). The van der Waals surface area contributed by atoms with Gasteiger partial charge in [-0.1, -0.05) is 66.2 Å². The fourth-order valence-electron chi connectivity index (χ4n) is 2.98. The van der Waals surface area contributed by atoms with E-state index in [0.29, 0.717) is 6.61 Å². The molecule has 0 unspecified atom stereocenters. The SMILES string of the molecule is Cc1ccc(COc2ccc(/C=C(/C#N)C(=O)N[C@H](C)c3ccccc3)cc2I)cc1. The van der Waals surface area contributed by atoms with E-state index in [4.69, 9.17) is 4.74 Å². The van der Waals surface area contributed by atoms with Crippen LogP contribution in [0.4, 0.5) is 0 Å². The number of carbonyl (C=O) groups is 1. The molecule has 3 aromatic carbocycles. The van der Waals surface area contributed by atoms with Crippen molar-refractivity contribution in [3.63, 3.8) is 0 Å². The van der Waals surface area contributed by atoms with Crippen molar-refractivity contribution in [3.05, 3.63) is 104 Å². The Balaban J connectivity index is 1.67. The van der Waals surface area contributed by atoms with Gasteiger partial charge in [0.1, 0.15) is 24.0 Å². The lowest BCUT2D eigenvalue weighted by Gasteiger charge is -2.14. The lowest BCUT2D eigenvalue weighted by molar-refractivity contribution is -0.117. The van der Waals surface area contributed by atoms with Crippen molar-refractivity contribution in [3.8, 4) is 11.8 Å². The molecule has 31 heavy (non-hydrogen) atoms. The molecule has 1 atom stereocenters. The first-order valence-corrected chi connectivity index (χ1v) is 11.0. The van der Waals surface area contributed by atoms with Crippen molar-refractivity contribution in [2.45, 2.75) is 26.5 Å². The summed E-state index contributed by atoms with van der Waals surface area (Å²) < 4.78 is 6.84. The Hall–Kier alpha value is -3.11. The minimum atomic E-state index is -0.395. The van der Waals surface area contributed by atoms with Crippen LogP contribution in [0, 0.1) is 21.8 Å². The largest absolute Gasteiger partial charge is 0.488 e. The molecule has 0 aliphatic rings. The molecule has 0 fully saturated rings. The maximum Gasteiger partial charge on any atom is 0.262 e. The van der Waals surface area contributed by atoms with Crippen molar-refractivity contribution < 1.29 is 9.53 Å². The number of hydrogen-bond acceptors (Lipinski definition) is 3. The van der Waals surface area contributed by atoms with E-state index in [1.54, 1.807) is 6.08 Å². The van der Waals surface area contributed by atoms with Crippen molar-refractivity contribution in [1.29, 1.82) is 5.26 Å². The number of halogens is 1. The summed E-state index contributed by atoms with van der Waals surface area (Å²) in [7, 11) is 0. The Morgan fingerprint density at radius 1 is 1.13 bits per heavy atom. The molecule has 0 aliphatic heterocycles. The lowest BCUT2D eigenvalue weighted by Crippen LogP contribution is -2.27. The summed E-state index contributed by atoms with van der Waals surface area (Å²) in [4.78, 5) is 12.6. The van der Waals surface area contributed by atoms with Gasteiger partial charge in [-0.3, -0.25) is 4.79 Å². The fourth-order valence-corrected chi connectivity index (χ4v) is 3.68. The molecule has 156 valence electrons. The summed E-state index contributed by atoms with van der Waals surface area (Å²) in [6, 6.07) is 25.3. The molecule has 0 aromatic heterocycles. The van der Waals surface area contributed by atoms with Gasteiger partial charge in [0.15, 0.2) is 0 Å². The van der Waals surface area contributed by atoms with E-state index in [-0.39, 0.29) is 11.6 Å². The van der Waals surface area contributed by atoms with Gasteiger partial charge in [-0.25, -0.2) is 0 Å². The van der Waals surface area contributed by atoms with Crippen LogP contribution < -0.4 is 10.1 Å². The second-order valence-corrected chi connectivity index (χ2v) is 8.40. The Kier molecular flexibility index (Phi) is 7.85. The molecule has 0 heterocycles. The number of nitriles is 1. The van der Waals surface area contributed by atoms with E-state index >= 15 is 0 Å². The predicted molar refractivity (Wildman–Crippen MR) is 131 cm³/mol. The zero-order valence-electron chi connectivity index (χ0n) is 17.4. The number of carbonyl (C=O) groups excluding carboxylic acids is 1. The van der Waals surface area contributed by atoms with E-state index in [9.17, 15) is 10.1 Å². The Bertz CT molecular complexity index is 1120. The third-order valence-corrected chi connectivity index (χ3v) is 5.64. The highest BCUT2D eigenvalue weighted by Crippen LogP contribution is 2.24. The van der Waals surface area contributed by atoms with Gasteiger partial charge in [0.25, 0.3) is 5.91 Å². The molecule has 0 aliphatic carbocycles. The first-order chi connectivity index (χ1) is 15.0. The van der Waals surface area contributed by atoms with Gasteiger partial charge in [0.05, 0.1) is 9.61 Å². The standard InChI is InChI=1S/C26H23IN2O2/c1-18-8-10-20(11-9-18)17-31-25-13-12-21(15-24(25)27)14-23(16-28)26(30)29-19(2)22-6-4-3-5-7-22/h3-15,19H,17H2,1-2H3,(H,29,30)/b23-14-/t19-/m1/s1. The van der Waals surface area contributed by atoms with Gasteiger partial charge < -0.3 is 10.1 Å². The third kappa shape index (κ3) is 6.43. The van der Waals surface area contributed by atoms with Gasteiger partial charge in [-0.15, -0.1) is 0 Å². The molecule has 1 amide bonds. The van der Waals surface area contributed by atoms with Crippen LogP contribution in [0.15, 0.2) is 78.4 Å². The van der Waals surface area contributed by atoms with Crippen LogP contribution in [0.5, 0.6) is 5.75 Å². The number of benzene rings is 3. The van der Waals surface area contributed by atoms with E-state index < -0.39 is 5.91 Å². The minimum absolute atomic E-state index is 0.0619. The summed E-state index contributed by atoms with van der Waals surface area (Å²) >= 11 is 2.20. The quantitative estimate of drug-likeness (QED) is 0.237. The van der Waals surface area contributed by atoms with E-state index in [1.165, 1.54) is 5.56 Å². The molecule has 5 heteroatoms. The molecule has 0 spiro atoms. The number of aryl methyl sites for hydroxylation is 1. The number of rotatable bonds is 7. The van der Waals surface area contributed by atoms with Gasteiger partial charge >= 0.3 is 0 Å². The van der Waals surface area contributed by atoms with Crippen molar-refractivity contribution in [2.24, 2.45) is 0 Å². The summed E-state index contributed by atoms with van der Waals surface area (Å²) in [6.45, 7) is 4.43. The normalized spacial score (nSPS) is 12.0. The second-order valence-electron chi connectivity index (χ2n) is 7.24. The molecule has 0 saturated heterocycles. The highest BCUT2D eigenvalue weighted by molar-refractivity contribution is 14.1. The van der Waals surface area contributed by atoms with Crippen molar-refractivity contribution >= 4 is 34.6 Å². The summed E-state index contributed by atoms with van der Waals surface area (Å²) in [6.07, 6.45) is 1.60. The topological polar surface area (TPSA) is 62.1 Å². The van der Waals surface area contributed by atoms with E-state index in [2.05, 4.69) is 47.0 Å². The number of nitrogens with zero attached hydrogens (tertiary/aromatic N) is 1. The van der Waals surface area contributed by atoms with Crippen LogP contribution in [0.2, 0.25) is 0 Å². The molecular formula is C26H23IN2O2. The number of hydrogen-bond donors (Lipinski definition) is 1. The van der Waals surface area contributed by atoms with Crippen LogP contribution in [-0.4, -0.2) is 5.91 Å². The van der Waals surface area contributed by atoms with Gasteiger partial charge in [0.2, 0.25) is 0 Å². The molecule has 1 N–H and O–H groups in total. The maximum absolute atomic E-state index is 12.6. The van der Waals surface area contributed by atoms with Crippen LogP contribution in [0.25, 0.3) is 6.08 Å². The lowest BCUT2D eigenvalue weighted by atomic mass is 10.1. The predicted octanol–water partition coefficient (Wildman–Crippen LogP) is 5.96. The Labute approximate surface area is 196 Å². The highest BCUT2D eigenvalue weighted by atomic mass is 127. The molecule has 0 bridgehead atoms. The zero-order valence-corrected chi connectivity index (χ0v) is 19.6. The summed E-state index contributed by atoms with van der Waals surface area (Å²) in [5.41, 5.74) is 4.13. The Morgan fingerprint density at radius 2 is 1.84 bits per heavy atom. The molecule has 0 saturated carbocycles. The maximum atomic E-state index is 12.6. The highest BCUT2D eigenvalue weighted by Gasteiger charge is 2.14. The van der Waals surface area contributed by atoms with Crippen LogP contribution in [0.3, 0.4) is 0 Å². The summed E-state index contributed by atoms with van der Waals surface area (Å²) in [5.74, 6) is 0.368. The number of nitrogens with one attached hydrogen (secondary N) is 1. The van der Waals surface area contributed by atoms with Gasteiger partial charge in [-0.2, -0.15) is 5.26 Å². The number of amides is 1. The van der Waals surface area contributed by atoms with Crippen LogP contribution in [0.1, 0.15) is 35.2 Å². The van der Waals surface area contributed by atoms with Crippen molar-refractivity contribution in [2.75, 3.05) is 0 Å².